The molecule has 0 saturated heterocycles. The first kappa shape index (κ1) is 10.1. The highest BCUT2D eigenvalue weighted by atomic mass is 16.6. The van der Waals surface area contributed by atoms with Gasteiger partial charge in [0, 0.05) is 12.8 Å². The lowest BCUT2D eigenvalue weighted by Gasteiger charge is -2.08. The van der Waals surface area contributed by atoms with Crippen LogP contribution in [0.3, 0.4) is 0 Å². The van der Waals surface area contributed by atoms with Gasteiger partial charge in [-0.05, 0) is 13.3 Å². The maximum atomic E-state index is 9.27. The molecule has 0 saturated carbocycles. The van der Waals surface area contributed by atoms with E-state index >= 15 is 0 Å². The van der Waals surface area contributed by atoms with Crippen LogP contribution >= 0.6 is 0 Å². The highest BCUT2D eigenvalue weighted by Gasteiger charge is 2.05. The molecule has 0 aliphatic rings. The van der Waals surface area contributed by atoms with Crippen LogP contribution in [0.1, 0.15) is 19.5 Å². The van der Waals surface area contributed by atoms with Crippen LogP contribution in [0, 0.1) is 0 Å². The fourth-order valence-corrected chi connectivity index (χ4v) is 0.995. The molecule has 1 rings (SSSR count). The summed E-state index contributed by atoms with van der Waals surface area (Å²) in [6, 6.07) is 0. The molecular formula is C8H15N3O2. The van der Waals surface area contributed by atoms with Gasteiger partial charge in [-0.15, -0.1) is 5.10 Å². The zero-order chi connectivity index (χ0) is 9.68. The summed E-state index contributed by atoms with van der Waals surface area (Å²) in [5, 5.41) is 17.0. The largest absolute Gasteiger partial charge is 0.366 e. The molecule has 5 heteroatoms. The van der Waals surface area contributed by atoms with Gasteiger partial charge in [0.2, 0.25) is 0 Å². The SMILES string of the molecule is CCOC(O)Cn1cc(CC)nn1. The molecule has 0 radical (unpaired) electrons. The lowest BCUT2D eigenvalue weighted by atomic mass is 10.4. The van der Waals surface area contributed by atoms with Crippen molar-refractivity contribution in [1.29, 1.82) is 0 Å². The molecule has 1 unspecified atom stereocenters. The van der Waals surface area contributed by atoms with Crippen molar-refractivity contribution in [2.45, 2.75) is 33.1 Å². The second-order valence-electron chi connectivity index (χ2n) is 2.70. The monoisotopic (exact) mass is 185 g/mol. The van der Waals surface area contributed by atoms with Gasteiger partial charge in [0.15, 0.2) is 6.29 Å². The molecule has 5 nitrogen and oxygen atoms in total. The highest BCUT2D eigenvalue weighted by Crippen LogP contribution is 1.96. The van der Waals surface area contributed by atoms with Gasteiger partial charge in [0.25, 0.3) is 0 Å². The third kappa shape index (κ3) is 3.12. The summed E-state index contributed by atoms with van der Waals surface area (Å²) >= 11 is 0. The van der Waals surface area contributed by atoms with Gasteiger partial charge >= 0.3 is 0 Å². The number of aliphatic hydroxyl groups excluding tert-OH is 1. The van der Waals surface area contributed by atoms with Crippen molar-refractivity contribution in [3.8, 4) is 0 Å². The number of aromatic nitrogens is 3. The van der Waals surface area contributed by atoms with E-state index in [4.69, 9.17) is 4.74 Å². The van der Waals surface area contributed by atoms with Gasteiger partial charge < -0.3 is 9.84 Å². The Morgan fingerprint density at radius 3 is 2.92 bits per heavy atom. The first-order chi connectivity index (χ1) is 6.26. The molecule has 0 aromatic carbocycles. The molecule has 1 heterocycles. The van der Waals surface area contributed by atoms with E-state index in [0.717, 1.165) is 12.1 Å². The van der Waals surface area contributed by atoms with E-state index in [9.17, 15) is 5.11 Å². The van der Waals surface area contributed by atoms with Gasteiger partial charge in [-0.1, -0.05) is 12.1 Å². The number of ether oxygens (including phenoxy) is 1. The number of aliphatic hydroxyl groups is 1. The first-order valence-corrected chi connectivity index (χ1v) is 4.45. The number of hydrogen-bond donors (Lipinski definition) is 1. The Bertz CT molecular complexity index is 249. The zero-order valence-electron chi connectivity index (χ0n) is 7.97. The standard InChI is InChI=1S/C8H15N3O2/c1-3-7-5-11(10-9-7)6-8(12)13-4-2/h5,8,12H,3-4,6H2,1-2H3. The van der Waals surface area contributed by atoms with Gasteiger partial charge in [0.05, 0.1) is 12.2 Å². The van der Waals surface area contributed by atoms with Crippen molar-refractivity contribution >= 4 is 0 Å². The Labute approximate surface area is 77.3 Å². The third-order valence-electron chi connectivity index (χ3n) is 1.65. The Morgan fingerprint density at radius 1 is 1.62 bits per heavy atom. The van der Waals surface area contributed by atoms with Crippen LogP contribution in [0.25, 0.3) is 0 Å². The maximum absolute atomic E-state index is 9.27. The van der Waals surface area contributed by atoms with Crippen LogP contribution in [0.4, 0.5) is 0 Å². The van der Waals surface area contributed by atoms with E-state index in [1.165, 1.54) is 0 Å². The average Bonchev–Trinajstić information content (AvgIpc) is 2.52. The predicted octanol–water partition coefficient (Wildman–Crippen LogP) is 0.195. The molecule has 13 heavy (non-hydrogen) atoms. The van der Waals surface area contributed by atoms with Gasteiger partial charge in [-0.3, -0.25) is 0 Å². The minimum absolute atomic E-state index is 0.334. The number of rotatable bonds is 5. The predicted molar refractivity (Wildman–Crippen MR) is 47.0 cm³/mol. The van der Waals surface area contributed by atoms with E-state index in [1.54, 1.807) is 4.68 Å². The Hall–Kier alpha value is -0.940. The normalized spacial score (nSPS) is 13.2. The second kappa shape index (κ2) is 4.94. The molecule has 1 aromatic rings. The lowest BCUT2D eigenvalue weighted by Crippen LogP contribution is -2.19. The van der Waals surface area contributed by atoms with Crippen molar-refractivity contribution in [3.63, 3.8) is 0 Å². The van der Waals surface area contributed by atoms with E-state index in [1.807, 2.05) is 20.0 Å². The fraction of sp³-hybridized carbons (Fsp3) is 0.750. The first-order valence-electron chi connectivity index (χ1n) is 4.45. The average molecular weight is 185 g/mol. The molecular weight excluding hydrogens is 170 g/mol. The molecule has 0 amide bonds. The van der Waals surface area contributed by atoms with E-state index < -0.39 is 6.29 Å². The maximum Gasteiger partial charge on any atom is 0.174 e. The molecule has 0 fully saturated rings. The number of nitrogens with zero attached hydrogens (tertiary/aromatic N) is 3. The summed E-state index contributed by atoms with van der Waals surface area (Å²) in [6.07, 6.45) is 1.86. The lowest BCUT2D eigenvalue weighted by molar-refractivity contribution is -0.105. The Kier molecular flexibility index (Phi) is 3.85. The van der Waals surface area contributed by atoms with Gasteiger partial charge in [-0.25, -0.2) is 4.68 Å². The molecule has 0 bridgehead atoms. The Morgan fingerprint density at radius 2 is 2.38 bits per heavy atom. The summed E-state index contributed by atoms with van der Waals surface area (Å²) < 4.78 is 6.54. The Balaban J connectivity index is 2.44. The molecule has 1 atom stereocenters. The van der Waals surface area contributed by atoms with Crippen molar-refractivity contribution in [2.24, 2.45) is 0 Å². The minimum Gasteiger partial charge on any atom is -0.366 e. The van der Waals surface area contributed by atoms with E-state index in [-0.39, 0.29) is 0 Å². The minimum atomic E-state index is -0.795. The van der Waals surface area contributed by atoms with Crippen LogP contribution < -0.4 is 0 Å². The topological polar surface area (TPSA) is 60.2 Å². The van der Waals surface area contributed by atoms with Crippen LogP contribution in [0.15, 0.2) is 6.20 Å². The van der Waals surface area contributed by atoms with Crippen molar-refractivity contribution < 1.29 is 9.84 Å². The van der Waals surface area contributed by atoms with Crippen LogP contribution in [0.5, 0.6) is 0 Å². The third-order valence-corrected chi connectivity index (χ3v) is 1.65. The quantitative estimate of drug-likeness (QED) is 0.665. The smallest absolute Gasteiger partial charge is 0.174 e. The van der Waals surface area contributed by atoms with Crippen LogP contribution in [-0.2, 0) is 17.7 Å². The van der Waals surface area contributed by atoms with Gasteiger partial charge in [-0.2, -0.15) is 0 Å². The molecule has 1 aromatic heterocycles. The molecule has 0 aliphatic heterocycles. The number of hydrogen-bond acceptors (Lipinski definition) is 4. The number of aryl methyl sites for hydroxylation is 1. The fourth-order valence-electron chi connectivity index (χ4n) is 0.995. The van der Waals surface area contributed by atoms with Crippen LogP contribution in [0.2, 0.25) is 0 Å². The molecule has 1 N–H and O–H groups in total. The van der Waals surface area contributed by atoms with Crippen LogP contribution in [-0.4, -0.2) is 33.0 Å². The molecule has 0 aliphatic carbocycles. The zero-order valence-corrected chi connectivity index (χ0v) is 7.97. The van der Waals surface area contributed by atoms with Crippen molar-refractivity contribution in [1.82, 2.24) is 15.0 Å². The van der Waals surface area contributed by atoms with Crippen molar-refractivity contribution in [3.05, 3.63) is 11.9 Å². The summed E-state index contributed by atoms with van der Waals surface area (Å²) in [5.41, 5.74) is 0.920. The highest BCUT2D eigenvalue weighted by molar-refractivity contribution is 4.90. The van der Waals surface area contributed by atoms with Crippen molar-refractivity contribution in [2.75, 3.05) is 6.61 Å². The summed E-state index contributed by atoms with van der Waals surface area (Å²) in [4.78, 5) is 0. The summed E-state index contributed by atoms with van der Waals surface area (Å²) in [5.74, 6) is 0. The summed E-state index contributed by atoms with van der Waals surface area (Å²) in [7, 11) is 0. The molecule has 74 valence electrons. The summed E-state index contributed by atoms with van der Waals surface area (Å²) in [6.45, 7) is 4.67. The molecule has 0 spiro atoms. The van der Waals surface area contributed by atoms with E-state index in [2.05, 4.69) is 10.3 Å². The van der Waals surface area contributed by atoms with Gasteiger partial charge in [0.1, 0.15) is 0 Å². The second-order valence-corrected chi connectivity index (χ2v) is 2.70. The van der Waals surface area contributed by atoms with E-state index in [0.29, 0.717) is 13.2 Å².